The first-order valence-electron chi connectivity index (χ1n) is 4.94. The summed E-state index contributed by atoms with van der Waals surface area (Å²) in [5.74, 6) is 0. The molecule has 0 spiro atoms. The molecule has 0 saturated heterocycles. The maximum absolute atomic E-state index is 4.60. The number of hydrogen-bond acceptors (Lipinski definition) is 2. The van der Waals surface area contributed by atoms with Gasteiger partial charge in [0, 0.05) is 11.1 Å². The minimum Gasteiger partial charge on any atom is -0.293 e. The number of halogens is 1. The highest BCUT2D eigenvalue weighted by Gasteiger charge is 2.07. The highest BCUT2D eigenvalue weighted by Crippen LogP contribution is 2.28. The molecule has 80 valence electrons. The normalized spacial score (nSPS) is 11.1. The number of nitrogens with zero attached hydrogens (tertiary/aromatic N) is 2. The monoisotopic (exact) mass is 292 g/mol. The van der Waals surface area contributed by atoms with Crippen molar-refractivity contribution in [2.75, 3.05) is 0 Å². The van der Waals surface area contributed by atoms with Crippen molar-refractivity contribution in [1.82, 2.24) is 9.38 Å². The van der Waals surface area contributed by atoms with E-state index in [0.717, 1.165) is 15.9 Å². The minimum atomic E-state index is 0.968. The predicted molar refractivity (Wildman–Crippen MR) is 70.9 cm³/mol. The van der Waals surface area contributed by atoms with Crippen LogP contribution in [0, 0.1) is 6.92 Å². The number of fused-ring (bicyclic) bond motifs is 1. The molecule has 0 fully saturated rings. The van der Waals surface area contributed by atoms with Crippen LogP contribution in [0.15, 0.2) is 41.1 Å². The van der Waals surface area contributed by atoms with Gasteiger partial charge in [0.1, 0.15) is 5.65 Å². The SMILES string of the molecule is Cc1ccc(-c2cn3c(Br)cccc3n2)s1. The lowest BCUT2D eigenvalue weighted by Gasteiger charge is -1.93. The van der Waals surface area contributed by atoms with Gasteiger partial charge in [-0.1, -0.05) is 6.07 Å². The molecule has 3 aromatic rings. The quantitative estimate of drug-likeness (QED) is 0.616. The molecule has 16 heavy (non-hydrogen) atoms. The topological polar surface area (TPSA) is 17.3 Å². The molecule has 0 N–H and O–H groups in total. The smallest absolute Gasteiger partial charge is 0.138 e. The maximum atomic E-state index is 4.60. The van der Waals surface area contributed by atoms with E-state index in [0.29, 0.717) is 0 Å². The van der Waals surface area contributed by atoms with Gasteiger partial charge >= 0.3 is 0 Å². The van der Waals surface area contributed by atoms with Crippen LogP contribution in [0.5, 0.6) is 0 Å². The van der Waals surface area contributed by atoms with Crippen LogP contribution in [-0.2, 0) is 0 Å². The zero-order chi connectivity index (χ0) is 11.1. The minimum absolute atomic E-state index is 0.968. The number of imidazole rings is 1. The molecule has 0 aliphatic rings. The van der Waals surface area contributed by atoms with E-state index in [1.54, 1.807) is 11.3 Å². The summed E-state index contributed by atoms with van der Waals surface area (Å²) in [6.07, 6.45) is 2.06. The van der Waals surface area contributed by atoms with Crippen molar-refractivity contribution in [2.45, 2.75) is 6.92 Å². The Morgan fingerprint density at radius 1 is 1.25 bits per heavy atom. The molecule has 2 nitrogen and oxygen atoms in total. The van der Waals surface area contributed by atoms with Crippen LogP contribution in [-0.4, -0.2) is 9.38 Å². The van der Waals surface area contributed by atoms with E-state index in [1.807, 2.05) is 22.6 Å². The van der Waals surface area contributed by atoms with Crippen molar-refractivity contribution in [1.29, 1.82) is 0 Å². The van der Waals surface area contributed by atoms with Crippen LogP contribution >= 0.6 is 27.3 Å². The average Bonchev–Trinajstić information content (AvgIpc) is 2.84. The first kappa shape index (κ1) is 10.1. The Labute approximate surface area is 106 Å². The van der Waals surface area contributed by atoms with E-state index >= 15 is 0 Å². The molecular weight excluding hydrogens is 284 g/mol. The van der Waals surface area contributed by atoms with Crippen LogP contribution in [0.2, 0.25) is 0 Å². The Kier molecular flexibility index (Phi) is 2.33. The third kappa shape index (κ3) is 1.58. The third-order valence-corrected chi connectivity index (χ3v) is 4.10. The van der Waals surface area contributed by atoms with Crippen LogP contribution in [0.1, 0.15) is 4.88 Å². The summed E-state index contributed by atoms with van der Waals surface area (Å²) in [7, 11) is 0. The number of thiophene rings is 1. The standard InChI is InChI=1S/C12H9BrN2S/c1-8-5-6-10(16-8)9-7-15-11(13)3-2-4-12(15)14-9/h2-7H,1H3. The summed E-state index contributed by atoms with van der Waals surface area (Å²) in [4.78, 5) is 7.13. The van der Waals surface area contributed by atoms with Crippen molar-refractivity contribution in [3.63, 3.8) is 0 Å². The van der Waals surface area contributed by atoms with E-state index < -0.39 is 0 Å². The molecule has 0 amide bonds. The fourth-order valence-corrected chi connectivity index (χ4v) is 2.93. The van der Waals surface area contributed by atoms with Crippen LogP contribution in [0.4, 0.5) is 0 Å². The molecule has 0 atom stereocenters. The first-order chi connectivity index (χ1) is 7.74. The lowest BCUT2D eigenvalue weighted by atomic mass is 10.4. The number of rotatable bonds is 1. The summed E-state index contributed by atoms with van der Waals surface area (Å²) >= 11 is 5.29. The van der Waals surface area contributed by atoms with Crippen LogP contribution < -0.4 is 0 Å². The van der Waals surface area contributed by atoms with Gasteiger partial charge in [0.25, 0.3) is 0 Å². The highest BCUT2D eigenvalue weighted by molar-refractivity contribution is 9.10. The molecule has 3 aromatic heterocycles. The number of aromatic nitrogens is 2. The van der Waals surface area contributed by atoms with Crippen molar-refractivity contribution >= 4 is 32.9 Å². The van der Waals surface area contributed by atoms with Crippen molar-refractivity contribution in [2.24, 2.45) is 0 Å². The second-order valence-electron chi connectivity index (χ2n) is 3.61. The predicted octanol–water partition coefficient (Wildman–Crippen LogP) is 4.13. The van der Waals surface area contributed by atoms with E-state index in [-0.39, 0.29) is 0 Å². The van der Waals surface area contributed by atoms with Crippen molar-refractivity contribution in [3.05, 3.63) is 46.0 Å². The van der Waals surface area contributed by atoms with Gasteiger partial charge in [-0.3, -0.25) is 4.40 Å². The second kappa shape index (κ2) is 3.71. The van der Waals surface area contributed by atoms with Crippen molar-refractivity contribution < 1.29 is 0 Å². The van der Waals surface area contributed by atoms with Gasteiger partial charge in [0.2, 0.25) is 0 Å². The van der Waals surface area contributed by atoms with Gasteiger partial charge in [0.05, 0.1) is 15.2 Å². The lowest BCUT2D eigenvalue weighted by Crippen LogP contribution is -1.82. The highest BCUT2D eigenvalue weighted by atomic mass is 79.9. The summed E-state index contributed by atoms with van der Waals surface area (Å²) in [5.41, 5.74) is 2.00. The number of hydrogen-bond donors (Lipinski definition) is 0. The van der Waals surface area contributed by atoms with E-state index in [1.165, 1.54) is 9.75 Å². The van der Waals surface area contributed by atoms with E-state index in [4.69, 9.17) is 0 Å². The molecule has 0 unspecified atom stereocenters. The largest absolute Gasteiger partial charge is 0.293 e. The van der Waals surface area contributed by atoms with Crippen LogP contribution in [0.3, 0.4) is 0 Å². The van der Waals surface area contributed by atoms with Gasteiger partial charge in [0.15, 0.2) is 0 Å². The molecule has 4 heteroatoms. The molecule has 0 saturated carbocycles. The van der Waals surface area contributed by atoms with E-state index in [9.17, 15) is 0 Å². The average molecular weight is 293 g/mol. The Morgan fingerprint density at radius 2 is 2.12 bits per heavy atom. The summed E-state index contributed by atoms with van der Waals surface area (Å²) in [6, 6.07) is 10.3. The van der Waals surface area contributed by atoms with Gasteiger partial charge in [-0.2, -0.15) is 0 Å². The zero-order valence-electron chi connectivity index (χ0n) is 8.64. The molecule has 3 heterocycles. The molecule has 0 aliphatic heterocycles. The van der Waals surface area contributed by atoms with Gasteiger partial charge in [-0.15, -0.1) is 11.3 Å². The molecule has 3 rings (SSSR count). The third-order valence-electron chi connectivity index (χ3n) is 2.44. The molecular formula is C12H9BrN2S. The fourth-order valence-electron chi connectivity index (χ4n) is 1.67. The van der Waals surface area contributed by atoms with Gasteiger partial charge < -0.3 is 0 Å². The maximum Gasteiger partial charge on any atom is 0.138 e. The molecule has 0 bridgehead atoms. The van der Waals surface area contributed by atoms with Gasteiger partial charge in [-0.25, -0.2) is 4.98 Å². The van der Waals surface area contributed by atoms with Crippen LogP contribution in [0.25, 0.3) is 16.2 Å². The Hall–Kier alpha value is -1.13. The lowest BCUT2D eigenvalue weighted by molar-refractivity contribution is 1.14. The second-order valence-corrected chi connectivity index (χ2v) is 5.71. The first-order valence-corrected chi connectivity index (χ1v) is 6.55. The van der Waals surface area contributed by atoms with Gasteiger partial charge in [-0.05, 0) is 47.1 Å². The number of pyridine rings is 1. The Bertz CT molecular complexity index is 654. The summed E-state index contributed by atoms with van der Waals surface area (Å²) in [6.45, 7) is 2.11. The molecule has 0 aromatic carbocycles. The fraction of sp³-hybridized carbons (Fsp3) is 0.0833. The van der Waals surface area contributed by atoms with Crippen molar-refractivity contribution in [3.8, 4) is 10.6 Å². The number of aryl methyl sites for hydroxylation is 1. The Morgan fingerprint density at radius 3 is 2.81 bits per heavy atom. The van der Waals surface area contributed by atoms with E-state index in [2.05, 4.69) is 46.2 Å². The Balaban J connectivity index is 2.22. The zero-order valence-corrected chi connectivity index (χ0v) is 11.0. The molecule has 0 radical (unpaired) electrons. The summed E-state index contributed by atoms with van der Waals surface area (Å²) < 4.78 is 3.07. The molecule has 0 aliphatic carbocycles. The summed E-state index contributed by atoms with van der Waals surface area (Å²) in [5, 5.41) is 0.